The number of halogens is 3. The molecule has 2 N–H and O–H groups in total. The van der Waals surface area contributed by atoms with Gasteiger partial charge in [-0.25, -0.2) is 0 Å². The Morgan fingerprint density at radius 1 is 0.905 bits per heavy atom. The van der Waals surface area contributed by atoms with E-state index < -0.39 is 6.36 Å². The van der Waals surface area contributed by atoms with Crippen molar-refractivity contribution in [2.75, 3.05) is 0 Å². The van der Waals surface area contributed by atoms with Crippen LogP contribution in [0.3, 0.4) is 0 Å². The van der Waals surface area contributed by atoms with Gasteiger partial charge in [-0.15, -0.1) is 13.2 Å². The van der Waals surface area contributed by atoms with E-state index >= 15 is 0 Å². The molecule has 5 heteroatoms. The lowest BCUT2D eigenvalue weighted by Gasteiger charge is -2.15. The SMILES string of the molecule is Cc1cc(C)cc([C@@H](N)c2ccc(OC(F)(F)F)cc2)c1. The van der Waals surface area contributed by atoms with E-state index in [0.29, 0.717) is 0 Å². The molecule has 0 aliphatic rings. The summed E-state index contributed by atoms with van der Waals surface area (Å²) in [6.45, 7) is 3.95. The standard InChI is InChI=1S/C16H16F3NO/c1-10-7-11(2)9-13(8-10)15(20)12-3-5-14(6-4-12)21-16(17,18)19/h3-9,15H,20H2,1-2H3/t15-/m0/s1. The van der Waals surface area contributed by atoms with Gasteiger partial charge >= 0.3 is 6.36 Å². The average Bonchev–Trinajstić information content (AvgIpc) is 2.35. The number of ether oxygens (including phenoxy) is 1. The number of rotatable bonds is 3. The molecule has 0 radical (unpaired) electrons. The highest BCUT2D eigenvalue weighted by Gasteiger charge is 2.31. The van der Waals surface area contributed by atoms with Crippen molar-refractivity contribution in [2.24, 2.45) is 5.73 Å². The van der Waals surface area contributed by atoms with E-state index in [1.54, 1.807) is 12.1 Å². The van der Waals surface area contributed by atoms with E-state index in [9.17, 15) is 13.2 Å². The zero-order valence-electron chi connectivity index (χ0n) is 11.7. The Morgan fingerprint density at radius 2 is 1.43 bits per heavy atom. The Hall–Kier alpha value is -2.01. The maximum atomic E-state index is 12.1. The highest BCUT2D eigenvalue weighted by molar-refractivity contribution is 5.38. The van der Waals surface area contributed by atoms with E-state index in [1.165, 1.54) is 12.1 Å². The third-order valence-electron chi connectivity index (χ3n) is 3.08. The van der Waals surface area contributed by atoms with Crippen molar-refractivity contribution in [1.29, 1.82) is 0 Å². The summed E-state index contributed by atoms with van der Waals surface area (Å²) in [7, 11) is 0. The molecule has 0 saturated carbocycles. The Morgan fingerprint density at radius 3 is 1.90 bits per heavy atom. The molecule has 2 aromatic carbocycles. The van der Waals surface area contributed by atoms with Crippen LogP contribution in [0.15, 0.2) is 42.5 Å². The van der Waals surface area contributed by atoms with Crippen molar-refractivity contribution in [1.82, 2.24) is 0 Å². The van der Waals surface area contributed by atoms with Crippen LogP contribution >= 0.6 is 0 Å². The van der Waals surface area contributed by atoms with Crippen LogP contribution in [-0.2, 0) is 0 Å². The second-order valence-corrected chi connectivity index (χ2v) is 5.02. The van der Waals surface area contributed by atoms with Crippen LogP contribution in [0, 0.1) is 13.8 Å². The molecule has 2 rings (SSSR count). The molecule has 0 bridgehead atoms. The summed E-state index contributed by atoms with van der Waals surface area (Å²) in [4.78, 5) is 0. The predicted octanol–water partition coefficient (Wildman–Crippen LogP) is 4.25. The molecule has 0 unspecified atom stereocenters. The molecule has 0 aromatic heterocycles. The lowest BCUT2D eigenvalue weighted by Crippen LogP contribution is -2.17. The monoisotopic (exact) mass is 295 g/mol. The van der Waals surface area contributed by atoms with Gasteiger partial charge in [-0.2, -0.15) is 0 Å². The Labute approximate surface area is 121 Å². The third-order valence-corrected chi connectivity index (χ3v) is 3.08. The highest BCUT2D eigenvalue weighted by atomic mass is 19.4. The summed E-state index contributed by atoms with van der Waals surface area (Å²) >= 11 is 0. The molecule has 112 valence electrons. The second-order valence-electron chi connectivity index (χ2n) is 5.02. The van der Waals surface area contributed by atoms with E-state index in [4.69, 9.17) is 5.73 Å². The summed E-state index contributed by atoms with van der Waals surface area (Å²) < 4.78 is 40.2. The van der Waals surface area contributed by atoms with Crippen molar-refractivity contribution in [3.63, 3.8) is 0 Å². The smallest absolute Gasteiger partial charge is 0.406 e. The van der Waals surface area contributed by atoms with Gasteiger partial charge in [0.1, 0.15) is 5.75 Å². The zero-order chi connectivity index (χ0) is 15.6. The van der Waals surface area contributed by atoms with Crippen LogP contribution in [0.1, 0.15) is 28.3 Å². The van der Waals surface area contributed by atoms with Crippen LogP contribution in [0.5, 0.6) is 5.75 Å². The molecule has 21 heavy (non-hydrogen) atoms. The quantitative estimate of drug-likeness (QED) is 0.918. The molecule has 0 fully saturated rings. The number of nitrogens with two attached hydrogens (primary N) is 1. The van der Waals surface area contributed by atoms with Crippen molar-refractivity contribution >= 4 is 0 Å². The van der Waals surface area contributed by atoms with Crippen LogP contribution in [-0.4, -0.2) is 6.36 Å². The molecule has 0 amide bonds. The molecular formula is C16H16F3NO. The molecule has 0 aliphatic carbocycles. The largest absolute Gasteiger partial charge is 0.573 e. The first-order valence-corrected chi connectivity index (χ1v) is 6.44. The van der Waals surface area contributed by atoms with Crippen molar-refractivity contribution in [3.05, 3.63) is 64.7 Å². The Bertz CT molecular complexity index is 600. The maximum Gasteiger partial charge on any atom is 0.573 e. The number of hydrogen-bond donors (Lipinski definition) is 1. The van der Waals surface area contributed by atoms with E-state index in [2.05, 4.69) is 4.74 Å². The normalized spacial score (nSPS) is 13.0. The van der Waals surface area contributed by atoms with Crippen LogP contribution in [0.25, 0.3) is 0 Å². The summed E-state index contributed by atoms with van der Waals surface area (Å²) in [6.07, 6.45) is -4.68. The molecule has 1 atom stereocenters. The number of benzene rings is 2. The fourth-order valence-corrected chi connectivity index (χ4v) is 2.26. The lowest BCUT2D eigenvalue weighted by molar-refractivity contribution is -0.274. The van der Waals surface area contributed by atoms with Crippen molar-refractivity contribution < 1.29 is 17.9 Å². The van der Waals surface area contributed by atoms with Crippen molar-refractivity contribution in [2.45, 2.75) is 26.3 Å². The minimum absolute atomic E-state index is 0.251. The molecule has 0 spiro atoms. The highest BCUT2D eigenvalue weighted by Crippen LogP contribution is 2.26. The summed E-state index contributed by atoms with van der Waals surface area (Å²) in [5, 5.41) is 0. The first-order chi connectivity index (χ1) is 9.74. The van der Waals surface area contributed by atoms with Crippen molar-refractivity contribution in [3.8, 4) is 5.75 Å². The van der Waals surface area contributed by atoms with Gasteiger partial charge < -0.3 is 10.5 Å². The third kappa shape index (κ3) is 4.23. The van der Waals surface area contributed by atoms with Gasteiger partial charge in [-0.3, -0.25) is 0 Å². The Balaban J connectivity index is 2.21. The zero-order valence-corrected chi connectivity index (χ0v) is 11.7. The fourth-order valence-electron chi connectivity index (χ4n) is 2.26. The van der Waals surface area contributed by atoms with E-state index in [1.807, 2.05) is 32.0 Å². The van der Waals surface area contributed by atoms with Crippen LogP contribution < -0.4 is 10.5 Å². The van der Waals surface area contributed by atoms with Crippen LogP contribution in [0.2, 0.25) is 0 Å². The lowest BCUT2D eigenvalue weighted by atomic mass is 9.96. The second kappa shape index (κ2) is 5.77. The Kier molecular flexibility index (Phi) is 4.23. The molecular weight excluding hydrogens is 279 g/mol. The predicted molar refractivity (Wildman–Crippen MR) is 75.1 cm³/mol. The van der Waals surface area contributed by atoms with Gasteiger partial charge in [0.2, 0.25) is 0 Å². The molecule has 0 aliphatic heterocycles. The first kappa shape index (κ1) is 15.4. The first-order valence-electron chi connectivity index (χ1n) is 6.44. The van der Waals surface area contributed by atoms with Crippen LogP contribution in [0.4, 0.5) is 13.2 Å². The number of aryl methyl sites for hydroxylation is 2. The van der Waals surface area contributed by atoms with Gasteiger partial charge in [-0.1, -0.05) is 41.5 Å². The molecule has 0 saturated heterocycles. The summed E-state index contributed by atoms with van der Waals surface area (Å²) in [5.74, 6) is -0.251. The summed E-state index contributed by atoms with van der Waals surface area (Å²) in [6, 6.07) is 11.2. The topological polar surface area (TPSA) is 35.2 Å². The minimum Gasteiger partial charge on any atom is -0.406 e. The maximum absolute atomic E-state index is 12.1. The summed E-state index contributed by atoms with van der Waals surface area (Å²) in [5.41, 5.74) is 10.0. The van der Waals surface area contributed by atoms with E-state index in [0.717, 1.165) is 22.3 Å². The van der Waals surface area contributed by atoms with Gasteiger partial charge in [0.25, 0.3) is 0 Å². The fraction of sp³-hybridized carbons (Fsp3) is 0.250. The van der Waals surface area contributed by atoms with Gasteiger partial charge in [0.15, 0.2) is 0 Å². The number of alkyl halides is 3. The molecule has 0 heterocycles. The average molecular weight is 295 g/mol. The minimum atomic E-state index is -4.68. The van der Waals surface area contributed by atoms with Gasteiger partial charge in [0.05, 0.1) is 6.04 Å². The van der Waals surface area contributed by atoms with Gasteiger partial charge in [-0.05, 0) is 37.1 Å². The number of hydrogen-bond acceptors (Lipinski definition) is 2. The molecule has 2 aromatic rings. The molecule has 2 nitrogen and oxygen atoms in total. The van der Waals surface area contributed by atoms with E-state index in [-0.39, 0.29) is 11.8 Å². The van der Waals surface area contributed by atoms with Gasteiger partial charge in [0, 0.05) is 0 Å².